The maximum atomic E-state index is 9.84. The van der Waals surface area contributed by atoms with Crippen molar-refractivity contribution in [1.29, 1.82) is 0 Å². The first kappa shape index (κ1) is 22.9. The van der Waals surface area contributed by atoms with Crippen LogP contribution in [0.2, 0.25) is 0 Å². The number of phenolic OH excluding ortho intramolecular Hbond substituents is 2. The summed E-state index contributed by atoms with van der Waals surface area (Å²) in [6.07, 6.45) is 19.6. The van der Waals surface area contributed by atoms with Gasteiger partial charge in [0, 0.05) is 6.07 Å². The summed E-state index contributed by atoms with van der Waals surface area (Å²) in [4.78, 5) is 0. The quantitative estimate of drug-likeness (QED) is 0.292. The lowest BCUT2D eigenvalue weighted by Gasteiger charge is -2.18. The fourth-order valence-corrected chi connectivity index (χ4v) is 3.85. The van der Waals surface area contributed by atoms with E-state index in [1.54, 1.807) is 0 Å². The van der Waals surface area contributed by atoms with Crippen molar-refractivity contribution in [3.05, 3.63) is 23.8 Å². The van der Waals surface area contributed by atoms with E-state index in [0.717, 1.165) is 5.56 Å². The molecule has 1 atom stereocenters. The minimum atomic E-state index is 0.187. The van der Waals surface area contributed by atoms with Gasteiger partial charge in [-0.1, -0.05) is 97.3 Å². The van der Waals surface area contributed by atoms with Crippen molar-refractivity contribution < 1.29 is 10.2 Å². The summed E-state index contributed by atoms with van der Waals surface area (Å²) in [6, 6.07) is 5.13. The third-order valence-electron chi connectivity index (χ3n) is 5.46. The Morgan fingerprint density at radius 3 is 1.38 bits per heavy atom. The molecule has 0 aliphatic heterocycles. The Morgan fingerprint density at radius 2 is 0.962 bits per heavy atom. The first-order chi connectivity index (χ1) is 12.7. The van der Waals surface area contributed by atoms with E-state index >= 15 is 0 Å². The van der Waals surface area contributed by atoms with Crippen LogP contribution in [0.5, 0.6) is 11.5 Å². The van der Waals surface area contributed by atoms with Gasteiger partial charge in [0.1, 0.15) is 11.5 Å². The highest BCUT2D eigenvalue weighted by Crippen LogP contribution is 2.33. The van der Waals surface area contributed by atoms with Crippen molar-refractivity contribution in [2.75, 3.05) is 0 Å². The second kappa shape index (κ2) is 14.9. The molecule has 2 nitrogen and oxygen atoms in total. The van der Waals surface area contributed by atoms with Crippen molar-refractivity contribution in [3.63, 3.8) is 0 Å². The first-order valence-corrected chi connectivity index (χ1v) is 11.2. The fourth-order valence-electron chi connectivity index (χ4n) is 3.85. The van der Waals surface area contributed by atoms with E-state index in [2.05, 4.69) is 13.8 Å². The Kier molecular flexibility index (Phi) is 13.1. The van der Waals surface area contributed by atoms with E-state index in [1.165, 1.54) is 102 Å². The van der Waals surface area contributed by atoms with Crippen molar-refractivity contribution in [2.24, 2.45) is 0 Å². The fraction of sp³-hybridized carbons (Fsp3) is 0.750. The zero-order valence-electron chi connectivity index (χ0n) is 17.3. The van der Waals surface area contributed by atoms with Crippen LogP contribution in [0.25, 0.3) is 0 Å². The maximum Gasteiger partial charge on any atom is 0.119 e. The molecule has 0 aliphatic rings. The predicted octanol–water partition coefficient (Wildman–Crippen LogP) is 8.07. The summed E-state index contributed by atoms with van der Waals surface area (Å²) in [5.74, 6) is 0.841. The molecule has 0 aromatic heterocycles. The lowest BCUT2D eigenvalue weighted by atomic mass is 9.88. The molecule has 0 aliphatic carbocycles. The monoisotopic (exact) mass is 362 g/mol. The molecule has 0 radical (unpaired) electrons. The summed E-state index contributed by atoms with van der Waals surface area (Å²) in [5.41, 5.74) is 1.11. The number of benzene rings is 1. The molecule has 0 heterocycles. The lowest BCUT2D eigenvalue weighted by Crippen LogP contribution is -2.00. The Labute approximate surface area is 162 Å². The Morgan fingerprint density at radius 1 is 0.577 bits per heavy atom. The van der Waals surface area contributed by atoms with E-state index in [0.29, 0.717) is 5.92 Å². The van der Waals surface area contributed by atoms with Crippen LogP contribution in [0.3, 0.4) is 0 Å². The van der Waals surface area contributed by atoms with Gasteiger partial charge in [0.25, 0.3) is 0 Å². The van der Waals surface area contributed by atoms with Gasteiger partial charge in [0.05, 0.1) is 0 Å². The van der Waals surface area contributed by atoms with E-state index in [1.807, 2.05) is 12.1 Å². The van der Waals surface area contributed by atoms with E-state index in [4.69, 9.17) is 0 Å². The molecule has 0 saturated carbocycles. The summed E-state index contributed by atoms with van der Waals surface area (Å²) in [7, 11) is 0. The highest BCUT2D eigenvalue weighted by atomic mass is 16.3. The molecule has 26 heavy (non-hydrogen) atoms. The van der Waals surface area contributed by atoms with Crippen molar-refractivity contribution >= 4 is 0 Å². The van der Waals surface area contributed by atoms with Crippen LogP contribution < -0.4 is 0 Å². The number of aromatic hydroxyl groups is 2. The molecule has 1 aromatic carbocycles. The second-order valence-corrected chi connectivity index (χ2v) is 7.95. The van der Waals surface area contributed by atoms with E-state index in [-0.39, 0.29) is 11.5 Å². The van der Waals surface area contributed by atoms with Gasteiger partial charge >= 0.3 is 0 Å². The molecular weight excluding hydrogens is 320 g/mol. The summed E-state index contributed by atoms with van der Waals surface area (Å²) in [6.45, 7) is 4.52. The van der Waals surface area contributed by atoms with Gasteiger partial charge in [0.15, 0.2) is 0 Å². The SMILES string of the molecule is CCCCCCCCCCC(CCCCCCC)c1cc(O)cc(O)c1. The lowest BCUT2D eigenvalue weighted by molar-refractivity contribution is 0.442. The molecule has 1 aromatic rings. The minimum absolute atomic E-state index is 0.187. The second-order valence-electron chi connectivity index (χ2n) is 7.95. The average molecular weight is 363 g/mol. The normalized spacial score (nSPS) is 12.4. The molecular formula is C24H42O2. The number of unbranched alkanes of at least 4 members (excludes halogenated alkanes) is 11. The van der Waals surface area contributed by atoms with Crippen LogP contribution in [-0.4, -0.2) is 10.2 Å². The number of phenols is 2. The number of hydrogen-bond donors (Lipinski definition) is 2. The Hall–Kier alpha value is -1.18. The van der Waals surface area contributed by atoms with Crippen molar-refractivity contribution in [2.45, 2.75) is 116 Å². The number of rotatable bonds is 16. The van der Waals surface area contributed by atoms with Crippen LogP contribution >= 0.6 is 0 Å². The van der Waals surface area contributed by atoms with Gasteiger partial charge in [0.2, 0.25) is 0 Å². The summed E-state index contributed by atoms with van der Waals surface area (Å²) >= 11 is 0. The zero-order chi connectivity index (χ0) is 19.0. The maximum absolute atomic E-state index is 9.84. The van der Waals surface area contributed by atoms with E-state index in [9.17, 15) is 10.2 Å². The van der Waals surface area contributed by atoms with E-state index < -0.39 is 0 Å². The van der Waals surface area contributed by atoms with Crippen LogP contribution in [0.4, 0.5) is 0 Å². The summed E-state index contributed by atoms with van der Waals surface area (Å²) in [5, 5.41) is 19.7. The van der Waals surface area contributed by atoms with Gasteiger partial charge in [-0.15, -0.1) is 0 Å². The molecule has 0 saturated heterocycles. The smallest absolute Gasteiger partial charge is 0.119 e. The topological polar surface area (TPSA) is 40.5 Å². The standard InChI is InChI=1S/C24H42O2/c1-3-5-7-9-10-11-13-15-17-21(16-14-12-8-6-4-2)22-18-23(25)20-24(26)19-22/h18-21,25-26H,3-17H2,1-2H3. The van der Waals surface area contributed by atoms with Crippen LogP contribution in [0.1, 0.15) is 122 Å². The molecule has 0 spiro atoms. The third kappa shape index (κ3) is 10.7. The van der Waals surface area contributed by atoms with Gasteiger partial charge < -0.3 is 10.2 Å². The predicted molar refractivity (Wildman–Crippen MR) is 113 cm³/mol. The molecule has 2 N–H and O–H groups in total. The summed E-state index contributed by atoms with van der Waals surface area (Å²) < 4.78 is 0. The van der Waals surface area contributed by atoms with Crippen molar-refractivity contribution in [3.8, 4) is 11.5 Å². The highest BCUT2D eigenvalue weighted by Gasteiger charge is 2.13. The van der Waals surface area contributed by atoms with Gasteiger partial charge in [-0.3, -0.25) is 0 Å². The van der Waals surface area contributed by atoms with Crippen LogP contribution in [-0.2, 0) is 0 Å². The van der Waals surface area contributed by atoms with Crippen LogP contribution in [0, 0.1) is 0 Å². The molecule has 0 amide bonds. The Balaban J connectivity index is 2.40. The van der Waals surface area contributed by atoms with Gasteiger partial charge in [-0.05, 0) is 36.5 Å². The molecule has 1 unspecified atom stereocenters. The third-order valence-corrected chi connectivity index (χ3v) is 5.46. The molecule has 0 fully saturated rings. The van der Waals surface area contributed by atoms with Crippen molar-refractivity contribution in [1.82, 2.24) is 0 Å². The Bertz CT molecular complexity index is 435. The largest absolute Gasteiger partial charge is 0.508 e. The zero-order valence-corrected chi connectivity index (χ0v) is 17.3. The van der Waals surface area contributed by atoms with Gasteiger partial charge in [-0.2, -0.15) is 0 Å². The highest BCUT2D eigenvalue weighted by molar-refractivity contribution is 5.38. The molecule has 0 bridgehead atoms. The molecule has 150 valence electrons. The number of hydrogen-bond acceptors (Lipinski definition) is 2. The first-order valence-electron chi connectivity index (χ1n) is 11.2. The molecule has 1 rings (SSSR count). The molecule has 2 heteroatoms. The average Bonchev–Trinajstić information content (AvgIpc) is 2.61. The van der Waals surface area contributed by atoms with Crippen LogP contribution in [0.15, 0.2) is 18.2 Å². The minimum Gasteiger partial charge on any atom is -0.508 e. The van der Waals surface area contributed by atoms with Gasteiger partial charge in [-0.25, -0.2) is 0 Å².